The zero-order chi connectivity index (χ0) is 11.5. The first kappa shape index (κ1) is 11.0. The summed E-state index contributed by atoms with van der Waals surface area (Å²) in [5.41, 5.74) is 2.99. The molecular formula is C14H12OS. The summed E-state index contributed by atoms with van der Waals surface area (Å²) in [5.74, 6) is 0.0947. The highest BCUT2D eigenvalue weighted by molar-refractivity contribution is 7.80. The molecule has 0 atom stereocenters. The fraction of sp³-hybridized carbons (Fsp3) is 0.0714. The number of Topliss-reactive ketones (excluding diaryl/α,β-unsaturated/α-hetero) is 1. The number of benzene rings is 2. The lowest BCUT2D eigenvalue weighted by atomic mass is 10.0. The molecule has 0 aliphatic rings. The number of carbonyl (C=O) groups is 1. The van der Waals surface area contributed by atoms with Gasteiger partial charge in [-0.05, 0) is 30.2 Å². The Morgan fingerprint density at radius 3 is 1.75 bits per heavy atom. The van der Waals surface area contributed by atoms with Gasteiger partial charge in [0.25, 0.3) is 0 Å². The molecule has 0 saturated carbocycles. The topological polar surface area (TPSA) is 17.1 Å². The van der Waals surface area contributed by atoms with Crippen LogP contribution in [0.3, 0.4) is 0 Å². The van der Waals surface area contributed by atoms with Crippen molar-refractivity contribution < 1.29 is 4.79 Å². The van der Waals surface area contributed by atoms with E-state index in [9.17, 15) is 4.79 Å². The maximum absolute atomic E-state index is 11.1. The van der Waals surface area contributed by atoms with E-state index < -0.39 is 0 Å². The van der Waals surface area contributed by atoms with Crippen LogP contribution < -0.4 is 0 Å². The second kappa shape index (κ2) is 4.54. The highest BCUT2D eigenvalue weighted by Gasteiger charge is 2.00. The van der Waals surface area contributed by atoms with Crippen molar-refractivity contribution in [3.8, 4) is 11.1 Å². The molecule has 0 aliphatic carbocycles. The predicted octanol–water partition coefficient (Wildman–Crippen LogP) is 3.84. The van der Waals surface area contributed by atoms with Gasteiger partial charge in [0.2, 0.25) is 0 Å². The molecule has 2 heteroatoms. The Labute approximate surface area is 101 Å². The lowest BCUT2D eigenvalue weighted by Crippen LogP contribution is -1.90. The minimum Gasteiger partial charge on any atom is -0.295 e. The Morgan fingerprint density at radius 1 is 0.875 bits per heavy atom. The van der Waals surface area contributed by atoms with Gasteiger partial charge < -0.3 is 0 Å². The van der Waals surface area contributed by atoms with Crippen LogP contribution in [0, 0.1) is 0 Å². The van der Waals surface area contributed by atoms with E-state index in [1.54, 1.807) is 6.92 Å². The van der Waals surface area contributed by atoms with Gasteiger partial charge >= 0.3 is 0 Å². The van der Waals surface area contributed by atoms with Gasteiger partial charge in [-0.15, -0.1) is 12.6 Å². The summed E-state index contributed by atoms with van der Waals surface area (Å²) in [6.45, 7) is 1.57. The molecule has 0 saturated heterocycles. The van der Waals surface area contributed by atoms with Crippen LogP contribution in [0.15, 0.2) is 53.4 Å². The van der Waals surface area contributed by atoms with Gasteiger partial charge in [0.05, 0.1) is 0 Å². The third kappa shape index (κ3) is 2.34. The summed E-state index contributed by atoms with van der Waals surface area (Å²) in [4.78, 5) is 12.1. The highest BCUT2D eigenvalue weighted by Crippen LogP contribution is 2.21. The lowest BCUT2D eigenvalue weighted by Gasteiger charge is -2.02. The number of thiol groups is 1. The molecule has 0 heterocycles. The van der Waals surface area contributed by atoms with Gasteiger partial charge in [-0.1, -0.05) is 36.4 Å². The summed E-state index contributed by atoms with van der Waals surface area (Å²) in [6, 6.07) is 15.6. The number of hydrogen-bond acceptors (Lipinski definition) is 2. The maximum Gasteiger partial charge on any atom is 0.159 e. The van der Waals surface area contributed by atoms with Gasteiger partial charge in [-0.3, -0.25) is 4.79 Å². The fourth-order valence-electron chi connectivity index (χ4n) is 1.55. The van der Waals surface area contributed by atoms with Crippen molar-refractivity contribution in [1.29, 1.82) is 0 Å². The Balaban J connectivity index is 2.34. The largest absolute Gasteiger partial charge is 0.295 e. The van der Waals surface area contributed by atoms with Crippen LogP contribution in [0.5, 0.6) is 0 Å². The monoisotopic (exact) mass is 228 g/mol. The van der Waals surface area contributed by atoms with Gasteiger partial charge in [0.1, 0.15) is 0 Å². The van der Waals surface area contributed by atoms with Crippen LogP contribution in [-0.4, -0.2) is 5.78 Å². The minimum atomic E-state index is 0.0947. The Bertz CT molecular complexity index is 497. The zero-order valence-electron chi connectivity index (χ0n) is 8.97. The Hall–Kier alpha value is -1.54. The van der Waals surface area contributed by atoms with Crippen LogP contribution in [0.1, 0.15) is 17.3 Å². The average molecular weight is 228 g/mol. The van der Waals surface area contributed by atoms with Crippen molar-refractivity contribution >= 4 is 18.4 Å². The SMILES string of the molecule is CC(=O)c1ccc(-c2ccc(S)cc2)cc1. The van der Waals surface area contributed by atoms with E-state index in [-0.39, 0.29) is 5.78 Å². The molecule has 16 heavy (non-hydrogen) atoms. The van der Waals surface area contributed by atoms with Crippen LogP contribution in [0.25, 0.3) is 11.1 Å². The smallest absolute Gasteiger partial charge is 0.159 e. The maximum atomic E-state index is 11.1. The van der Waals surface area contributed by atoms with Crippen molar-refractivity contribution in [2.45, 2.75) is 11.8 Å². The number of ketones is 1. The molecule has 0 aromatic heterocycles. The second-order valence-corrected chi connectivity index (χ2v) is 4.20. The lowest BCUT2D eigenvalue weighted by molar-refractivity contribution is 0.101. The van der Waals surface area contributed by atoms with Crippen molar-refractivity contribution in [2.24, 2.45) is 0 Å². The molecule has 2 rings (SSSR count). The van der Waals surface area contributed by atoms with Gasteiger partial charge in [0.15, 0.2) is 5.78 Å². The van der Waals surface area contributed by atoms with Crippen LogP contribution in [0.2, 0.25) is 0 Å². The third-order valence-electron chi connectivity index (χ3n) is 2.49. The van der Waals surface area contributed by atoms with E-state index >= 15 is 0 Å². The average Bonchev–Trinajstić information content (AvgIpc) is 2.30. The van der Waals surface area contributed by atoms with Crippen LogP contribution >= 0.6 is 12.6 Å². The highest BCUT2D eigenvalue weighted by atomic mass is 32.1. The quantitative estimate of drug-likeness (QED) is 0.610. The number of rotatable bonds is 2. The van der Waals surface area contributed by atoms with Crippen molar-refractivity contribution in [1.82, 2.24) is 0 Å². The summed E-state index contributed by atoms with van der Waals surface area (Å²) in [5, 5.41) is 0. The first-order valence-corrected chi connectivity index (χ1v) is 5.52. The predicted molar refractivity (Wildman–Crippen MR) is 69.1 cm³/mol. The molecule has 0 N–H and O–H groups in total. The molecule has 0 aliphatic heterocycles. The number of hydrogen-bond donors (Lipinski definition) is 1. The van der Waals surface area contributed by atoms with Gasteiger partial charge in [-0.25, -0.2) is 0 Å². The summed E-state index contributed by atoms with van der Waals surface area (Å²) >= 11 is 4.24. The summed E-state index contributed by atoms with van der Waals surface area (Å²) in [6.07, 6.45) is 0. The molecule has 0 fully saturated rings. The molecule has 0 bridgehead atoms. The Kier molecular flexibility index (Phi) is 3.11. The van der Waals surface area contributed by atoms with E-state index in [1.165, 1.54) is 0 Å². The molecular weight excluding hydrogens is 216 g/mol. The Morgan fingerprint density at radius 2 is 1.31 bits per heavy atom. The summed E-state index contributed by atoms with van der Waals surface area (Å²) < 4.78 is 0. The van der Waals surface area contributed by atoms with Gasteiger partial charge in [-0.2, -0.15) is 0 Å². The fourth-order valence-corrected chi connectivity index (χ4v) is 1.70. The second-order valence-electron chi connectivity index (χ2n) is 3.68. The molecule has 2 aromatic rings. The van der Waals surface area contributed by atoms with Crippen molar-refractivity contribution in [2.75, 3.05) is 0 Å². The number of carbonyl (C=O) groups excluding carboxylic acids is 1. The molecule has 80 valence electrons. The molecule has 0 spiro atoms. The zero-order valence-corrected chi connectivity index (χ0v) is 9.87. The van der Waals surface area contributed by atoms with Crippen molar-refractivity contribution in [3.63, 3.8) is 0 Å². The normalized spacial score (nSPS) is 10.1. The molecule has 0 unspecified atom stereocenters. The molecule has 1 nitrogen and oxygen atoms in total. The standard InChI is InChI=1S/C14H12OS/c1-10(15)11-2-4-12(5-3-11)13-6-8-14(16)9-7-13/h2-9,16H,1H3. The van der Waals surface area contributed by atoms with Crippen LogP contribution in [-0.2, 0) is 0 Å². The molecule has 0 radical (unpaired) electrons. The first-order chi connectivity index (χ1) is 7.66. The molecule has 0 amide bonds. The van der Waals surface area contributed by atoms with E-state index in [0.29, 0.717) is 0 Å². The van der Waals surface area contributed by atoms with E-state index in [0.717, 1.165) is 21.6 Å². The third-order valence-corrected chi connectivity index (χ3v) is 2.79. The minimum absolute atomic E-state index is 0.0947. The summed E-state index contributed by atoms with van der Waals surface area (Å²) in [7, 11) is 0. The first-order valence-electron chi connectivity index (χ1n) is 5.07. The molecule has 2 aromatic carbocycles. The van der Waals surface area contributed by atoms with Gasteiger partial charge in [0, 0.05) is 10.5 Å². The van der Waals surface area contributed by atoms with Crippen molar-refractivity contribution in [3.05, 3.63) is 54.1 Å². The van der Waals surface area contributed by atoms with E-state index in [1.807, 2.05) is 48.5 Å². The van der Waals surface area contributed by atoms with Crippen LogP contribution in [0.4, 0.5) is 0 Å². The van der Waals surface area contributed by atoms with E-state index in [2.05, 4.69) is 12.6 Å². The van der Waals surface area contributed by atoms with E-state index in [4.69, 9.17) is 0 Å².